The Balaban J connectivity index is 1.93. The Labute approximate surface area is 140 Å². The van der Waals surface area contributed by atoms with Crippen molar-refractivity contribution < 1.29 is 9.53 Å². The molecular weight excluding hydrogens is 288 g/mol. The van der Waals surface area contributed by atoms with Crippen molar-refractivity contribution >= 4 is 6.09 Å². The molecule has 0 bridgehead atoms. The van der Waals surface area contributed by atoms with Crippen molar-refractivity contribution in [1.82, 2.24) is 10.2 Å². The summed E-state index contributed by atoms with van der Waals surface area (Å²) < 4.78 is 5.54. The topological polar surface area (TPSA) is 41.6 Å². The normalized spacial score (nSPS) is 22.0. The number of carbonyl (C=O) groups excluding carboxylic acids is 1. The Hall–Kier alpha value is -1.55. The number of hydrogen-bond donors (Lipinski definition) is 1. The highest BCUT2D eigenvalue weighted by Gasteiger charge is 2.31. The molecule has 1 aliphatic heterocycles. The number of nitrogens with one attached hydrogen (secondary N) is 1. The van der Waals surface area contributed by atoms with Crippen molar-refractivity contribution in [2.75, 3.05) is 13.1 Å². The second-order valence-corrected chi connectivity index (χ2v) is 7.46. The van der Waals surface area contributed by atoms with Gasteiger partial charge in [-0.15, -0.1) is 0 Å². The van der Waals surface area contributed by atoms with Crippen molar-refractivity contribution in [2.24, 2.45) is 5.92 Å². The minimum absolute atomic E-state index is 0.192. The molecular formula is C19H30N2O2. The van der Waals surface area contributed by atoms with Gasteiger partial charge in [0.15, 0.2) is 0 Å². The van der Waals surface area contributed by atoms with Crippen LogP contribution in [0, 0.1) is 5.92 Å². The fourth-order valence-electron chi connectivity index (χ4n) is 2.98. The maximum absolute atomic E-state index is 12.4. The average Bonchev–Trinajstić information content (AvgIpc) is 2.52. The minimum atomic E-state index is -0.441. The Morgan fingerprint density at radius 2 is 1.96 bits per heavy atom. The van der Waals surface area contributed by atoms with Gasteiger partial charge in [-0.3, -0.25) is 0 Å². The molecule has 0 aliphatic carbocycles. The van der Waals surface area contributed by atoms with Crippen LogP contribution in [-0.2, 0) is 11.3 Å². The van der Waals surface area contributed by atoms with Gasteiger partial charge in [0.2, 0.25) is 0 Å². The lowest BCUT2D eigenvalue weighted by atomic mass is 9.92. The molecule has 23 heavy (non-hydrogen) atoms. The largest absolute Gasteiger partial charge is 0.444 e. The zero-order valence-corrected chi connectivity index (χ0v) is 14.8. The van der Waals surface area contributed by atoms with Gasteiger partial charge in [0.1, 0.15) is 5.60 Å². The maximum Gasteiger partial charge on any atom is 0.410 e. The Bertz CT molecular complexity index is 496. The van der Waals surface area contributed by atoms with Gasteiger partial charge in [-0.1, -0.05) is 43.7 Å². The molecule has 1 amide bonds. The van der Waals surface area contributed by atoms with Crippen molar-refractivity contribution in [3.8, 4) is 0 Å². The molecule has 2 unspecified atom stereocenters. The van der Waals surface area contributed by atoms with E-state index in [-0.39, 0.29) is 6.09 Å². The average molecular weight is 318 g/mol. The van der Waals surface area contributed by atoms with E-state index in [2.05, 4.69) is 36.5 Å². The summed E-state index contributed by atoms with van der Waals surface area (Å²) >= 11 is 0. The third-order valence-electron chi connectivity index (χ3n) is 4.20. The van der Waals surface area contributed by atoms with Gasteiger partial charge in [-0.25, -0.2) is 4.79 Å². The summed E-state index contributed by atoms with van der Waals surface area (Å²) in [5.74, 6) is 0.532. The molecule has 1 aromatic rings. The lowest BCUT2D eigenvalue weighted by molar-refractivity contribution is 0.0124. The third kappa shape index (κ3) is 5.87. The second kappa shape index (κ2) is 7.82. The summed E-state index contributed by atoms with van der Waals surface area (Å²) in [6.45, 7) is 10.3. The van der Waals surface area contributed by atoms with Crippen LogP contribution in [0.25, 0.3) is 0 Å². The number of ether oxygens (including phenoxy) is 1. The smallest absolute Gasteiger partial charge is 0.410 e. The van der Waals surface area contributed by atoms with Crippen LogP contribution in [0.2, 0.25) is 0 Å². The number of hydrogen-bond acceptors (Lipinski definition) is 3. The number of nitrogens with zero attached hydrogens (tertiary/aromatic N) is 1. The number of carbonyl (C=O) groups is 1. The molecule has 0 aromatic heterocycles. The Morgan fingerprint density at radius 3 is 2.57 bits per heavy atom. The summed E-state index contributed by atoms with van der Waals surface area (Å²) in [5, 5.41) is 3.60. The number of rotatable bonds is 4. The van der Waals surface area contributed by atoms with E-state index in [1.807, 2.05) is 31.7 Å². The van der Waals surface area contributed by atoms with Gasteiger partial charge < -0.3 is 15.0 Å². The van der Waals surface area contributed by atoms with Crippen molar-refractivity contribution in [2.45, 2.75) is 58.7 Å². The highest BCUT2D eigenvalue weighted by atomic mass is 16.6. The molecule has 2 rings (SSSR count). The van der Waals surface area contributed by atoms with Gasteiger partial charge >= 0.3 is 6.09 Å². The first-order chi connectivity index (χ1) is 10.9. The molecule has 1 fully saturated rings. The van der Waals surface area contributed by atoms with Crippen molar-refractivity contribution in [1.29, 1.82) is 0 Å². The summed E-state index contributed by atoms with van der Waals surface area (Å²) in [6, 6.07) is 10.7. The summed E-state index contributed by atoms with van der Waals surface area (Å²) in [6.07, 6.45) is 2.01. The number of amides is 1. The monoisotopic (exact) mass is 318 g/mol. The van der Waals surface area contributed by atoms with Gasteiger partial charge in [-0.05, 0) is 38.7 Å². The molecule has 0 radical (unpaired) electrons. The first-order valence-electron chi connectivity index (χ1n) is 8.62. The molecule has 4 nitrogen and oxygen atoms in total. The molecule has 2 atom stereocenters. The van der Waals surface area contributed by atoms with Gasteiger partial charge in [-0.2, -0.15) is 0 Å². The summed E-state index contributed by atoms with van der Waals surface area (Å²) in [7, 11) is 0. The zero-order chi connectivity index (χ0) is 16.9. The van der Waals surface area contributed by atoms with Crippen LogP contribution in [0.15, 0.2) is 30.3 Å². The van der Waals surface area contributed by atoms with Crippen molar-refractivity contribution in [3.05, 3.63) is 35.9 Å². The maximum atomic E-state index is 12.4. The predicted molar refractivity (Wildman–Crippen MR) is 93.3 cm³/mol. The molecule has 128 valence electrons. The molecule has 0 spiro atoms. The molecule has 1 heterocycles. The van der Waals surface area contributed by atoms with Crippen LogP contribution < -0.4 is 5.32 Å². The van der Waals surface area contributed by atoms with Crippen molar-refractivity contribution in [3.63, 3.8) is 0 Å². The fourth-order valence-corrected chi connectivity index (χ4v) is 2.98. The summed E-state index contributed by atoms with van der Waals surface area (Å²) in [5.41, 5.74) is 0.832. The van der Waals surface area contributed by atoms with Crippen LogP contribution >= 0.6 is 0 Å². The molecule has 1 aromatic carbocycles. The van der Waals surface area contributed by atoms with Crippen LogP contribution in [0.5, 0.6) is 0 Å². The lowest BCUT2D eigenvalue weighted by Gasteiger charge is -2.38. The number of likely N-dealkylation sites (tertiary alicyclic amines) is 1. The van der Waals surface area contributed by atoms with E-state index in [1.165, 1.54) is 5.56 Å². The van der Waals surface area contributed by atoms with Crippen LogP contribution in [-0.4, -0.2) is 35.7 Å². The number of benzene rings is 1. The van der Waals surface area contributed by atoms with E-state index in [4.69, 9.17) is 4.74 Å². The van der Waals surface area contributed by atoms with Gasteiger partial charge in [0, 0.05) is 25.7 Å². The van der Waals surface area contributed by atoms with Crippen LogP contribution in [0.3, 0.4) is 0 Å². The van der Waals surface area contributed by atoms with E-state index < -0.39 is 5.60 Å². The first-order valence-corrected chi connectivity index (χ1v) is 8.62. The van der Waals surface area contributed by atoms with E-state index >= 15 is 0 Å². The lowest BCUT2D eigenvalue weighted by Crippen LogP contribution is -2.52. The minimum Gasteiger partial charge on any atom is -0.444 e. The van der Waals surface area contributed by atoms with E-state index in [0.29, 0.717) is 12.0 Å². The number of piperidine rings is 1. The van der Waals surface area contributed by atoms with E-state index in [1.54, 1.807) is 0 Å². The van der Waals surface area contributed by atoms with Crippen LogP contribution in [0.1, 0.15) is 46.1 Å². The molecule has 1 saturated heterocycles. The Morgan fingerprint density at radius 1 is 1.26 bits per heavy atom. The highest BCUT2D eigenvalue weighted by Crippen LogP contribution is 2.22. The quantitative estimate of drug-likeness (QED) is 0.918. The molecule has 1 N–H and O–H groups in total. The molecule has 1 aliphatic rings. The fraction of sp³-hybridized carbons (Fsp3) is 0.632. The predicted octanol–water partition coefficient (Wildman–Crippen LogP) is 3.81. The standard InChI is InChI=1S/C19H30N2O2/c1-5-15-11-17(20-12-16-9-7-6-8-10-16)14-21(13-15)18(22)23-19(2,3)4/h6-10,15,17,20H,5,11-14H2,1-4H3. The van der Waals surface area contributed by atoms with Crippen LogP contribution in [0.4, 0.5) is 4.79 Å². The van der Waals surface area contributed by atoms with Gasteiger partial charge in [0.05, 0.1) is 0 Å². The van der Waals surface area contributed by atoms with E-state index in [0.717, 1.165) is 32.5 Å². The highest BCUT2D eigenvalue weighted by molar-refractivity contribution is 5.68. The zero-order valence-electron chi connectivity index (χ0n) is 14.8. The second-order valence-electron chi connectivity index (χ2n) is 7.46. The first kappa shape index (κ1) is 17.8. The molecule has 0 saturated carbocycles. The summed E-state index contributed by atoms with van der Waals surface area (Å²) in [4.78, 5) is 14.2. The molecule has 4 heteroatoms. The third-order valence-corrected chi connectivity index (χ3v) is 4.20. The SMILES string of the molecule is CCC1CC(NCc2ccccc2)CN(C(=O)OC(C)(C)C)C1. The van der Waals surface area contributed by atoms with Gasteiger partial charge in [0.25, 0.3) is 0 Å². The Kier molecular flexibility index (Phi) is 6.05. The van der Waals surface area contributed by atoms with E-state index in [9.17, 15) is 4.79 Å².